The van der Waals surface area contributed by atoms with Crippen molar-refractivity contribution in [1.82, 2.24) is 0 Å². The van der Waals surface area contributed by atoms with Crippen LogP contribution in [0.3, 0.4) is 0 Å². The Hall–Kier alpha value is -2.60. The first-order chi connectivity index (χ1) is 9.97. The van der Waals surface area contributed by atoms with Crippen molar-refractivity contribution in [2.75, 3.05) is 5.32 Å². The van der Waals surface area contributed by atoms with Gasteiger partial charge in [0.15, 0.2) is 0 Å². The molecule has 21 heavy (non-hydrogen) atoms. The van der Waals surface area contributed by atoms with Gasteiger partial charge < -0.3 is 10.4 Å². The van der Waals surface area contributed by atoms with E-state index in [0.29, 0.717) is 17.3 Å². The summed E-state index contributed by atoms with van der Waals surface area (Å²) in [6.45, 7) is 0.384. The second-order valence-electron chi connectivity index (χ2n) is 4.27. The van der Waals surface area contributed by atoms with Gasteiger partial charge in [0.25, 0.3) is 5.69 Å². The zero-order chi connectivity index (χ0) is 15.4. The van der Waals surface area contributed by atoms with Crippen molar-refractivity contribution in [3.63, 3.8) is 0 Å². The number of non-ortho nitro benzene ring substituents is 1. The van der Waals surface area contributed by atoms with E-state index in [9.17, 15) is 14.9 Å². The number of carbonyl (C=O) groups is 1. The normalized spacial score (nSPS) is 10.1. The molecule has 0 heterocycles. The number of hydrogen-bond donors (Lipinski definition) is 2. The van der Waals surface area contributed by atoms with Gasteiger partial charge in [-0.3, -0.25) is 10.1 Å². The highest BCUT2D eigenvalue weighted by Crippen LogP contribution is 2.23. The molecular weight excluding hydrogens is 296 g/mol. The van der Waals surface area contributed by atoms with Crippen molar-refractivity contribution in [3.05, 3.63) is 68.7 Å². The molecule has 2 aromatic rings. The van der Waals surface area contributed by atoms with E-state index < -0.39 is 10.9 Å². The molecule has 0 spiro atoms. The topological polar surface area (TPSA) is 92.5 Å². The van der Waals surface area contributed by atoms with Crippen LogP contribution in [0.25, 0.3) is 0 Å². The minimum atomic E-state index is -1.22. The van der Waals surface area contributed by atoms with E-state index in [1.165, 1.54) is 12.1 Å². The summed E-state index contributed by atoms with van der Waals surface area (Å²) < 4.78 is 0. The third-order valence-electron chi connectivity index (χ3n) is 2.84. The Morgan fingerprint density at radius 3 is 2.48 bits per heavy atom. The summed E-state index contributed by atoms with van der Waals surface area (Å²) in [5.41, 5.74) is 0.833. The van der Waals surface area contributed by atoms with E-state index >= 15 is 0 Å². The number of benzene rings is 2. The van der Waals surface area contributed by atoms with Gasteiger partial charge in [0, 0.05) is 29.4 Å². The Bertz CT molecular complexity index is 686. The third-order valence-corrected chi connectivity index (χ3v) is 3.09. The number of carboxylic acids is 1. The maximum absolute atomic E-state index is 11.2. The molecule has 0 amide bonds. The lowest BCUT2D eigenvalue weighted by atomic mass is 10.1. The first kappa shape index (κ1) is 14.8. The predicted octanol–water partition coefficient (Wildman–Crippen LogP) is 3.56. The number of nitrogens with zero attached hydrogens (tertiary/aromatic N) is 1. The number of nitro benzene ring substituents is 1. The van der Waals surface area contributed by atoms with E-state index in [4.69, 9.17) is 16.7 Å². The fraction of sp³-hybridized carbons (Fsp3) is 0.0714. The van der Waals surface area contributed by atoms with Crippen LogP contribution in [0.2, 0.25) is 5.02 Å². The van der Waals surface area contributed by atoms with E-state index in [-0.39, 0.29) is 11.3 Å². The fourth-order valence-corrected chi connectivity index (χ4v) is 1.90. The molecule has 6 nitrogen and oxygen atoms in total. The molecule has 2 aromatic carbocycles. The lowest BCUT2D eigenvalue weighted by molar-refractivity contribution is -0.384. The Labute approximate surface area is 125 Å². The summed E-state index contributed by atoms with van der Waals surface area (Å²) in [6, 6.07) is 10.8. The maximum Gasteiger partial charge on any atom is 0.338 e. The van der Waals surface area contributed by atoms with Gasteiger partial charge in [0.1, 0.15) is 0 Å². The zero-order valence-corrected chi connectivity index (χ0v) is 11.5. The van der Waals surface area contributed by atoms with Gasteiger partial charge in [-0.2, -0.15) is 0 Å². The number of rotatable bonds is 5. The van der Waals surface area contributed by atoms with Crippen LogP contribution >= 0.6 is 11.6 Å². The third kappa shape index (κ3) is 3.70. The molecule has 108 valence electrons. The number of nitrogens with one attached hydrogen (secondary N) is 1. The summed E-state index contributed by atoms with van der Waals surface area (Å²) in [6.07, 6.45) is 0. The SMILES string of the molecule is O=C(O)c1cc([N+](=O)[O-])ccc1NCc1ccc(Cl)cc1. The number of anilines is 1. The highest BCUT2D eigenvalue weighted by Gasteiger charge is 2.15. The lowest BCUT2D eigenvalue weighted by Gasteiger charge is -2.09. The van der Waals surface area contributed by atoms with Crippen LogP contribution in [0.1, 0.15) is 15.9 Å². The van der Waals surface area contributed by atoms with Crippen molar-refractivity contribution < 1.29 is 14.8 Å². The highest BCUT2D eigenvalue weighted by molar-refractivity contribution is 6.30. The second kappa shape index (κ2) is 6.23. The van der Waals surface area contributed by atoms with Crippen LogP contribution in [0.15, 0.2) is 42.5 Å². The second-order valence-corrected chi connectivity index (χ2v) is 4.71. The summed E-state index contributed by atoms with van der Waals surface area (Å²) in [5.74, 6) is -1.22. The van der Waals surface area contributed by atoms with Crippen LogP contribution in [-0.2, 0) is 6.54 Å². The molecule has 0 unspecified atom stereocenters. The molecule has 0 aliphatic heterocycles. The monoisotopic (exact) mass is 306 g/mol. The van der Waals surface area contributed by atoms with E-state index in [1.54, 1.807) is 24.3 Å². The van der Waals surface area contributed by atoms with Gasteiger partial charge in [-0.05, 0) is 23.8 Å². The molecular formula is C14H11ClN2O4. The van der Waals surface area contributed by atoms with Crippen LogP contribution in [0.4, 0.5) is 11.4 Å². The summed E-state index contributed by atoms with van der Waals surface area (Å²) >= 11 is 5.78. The average molecular weight is 307 g/mol. The average Bonchev–Trinajstić information content (AvgIpc) is 2.46. The first-order valence-electron chi connectivity index (χ1n) is 5.97. The molecule has 0 aromatic heterocycles. The molecule has 0 aliphatic carbocycles. The van der Waals surface area contributed by atoms with Gasteiger partial charge in [-0.25, -0.2) is 4.79 Å². The van der Waals surface area contributed by atoms with Crippen molar-refractivity contribution in [3.8, 4) is 0 Å². The Kier molecular flexibility index (Phi) is 4.39. The molecule has 0 fully saturated rings. The Morgan fingerprint density at radius 2 is 1.90 bits per heavy atom. The minimum absolute atomic E-state index is 0.141. The number of nitro groups is 1. The van der Waals surface area contributed by atoms with Crippen LogP contribution < -0.4 is 5.32 Å². The predicted molar refractivity (Wildman–Crippen MR) is 78.8 cm³/mol. The van der Waals surface area contributed by atoms with E-state index in [1.807, 2.05) is 0 Å². The molecule has 0 atom stereocenters. The van der Waals surface area contributed by atoms with Crippen LogP contribution in [0, 0.1) is 10.1 Å². The largest absolute Gasteiger partial charge is 0.478 e. The van der Waals surface area contributed by atoms with Gasteiger partial charge in [0.05, 0.1) is 10.5 Å². The minimum Gasteiger partial charge on any atom is -0.478 e. The first-order valence-corrected chi connectivity index (χ1v) is 6.35. The standard InChI is InChI=1S/C14H11ClN2O4/c15-10-3-1-9(2-4-10)8-16-13-6-5-11(17(20)21)7-12(13)14(18)19/h1-7,16H,8H2,(H,18,19). The van der Waals surface area contributed by atoms with Crippen molar-refractivity contribution in [2.24, 2.45) is 0 Å². The van der Waals surface area contributed by atoms with Crippen molar-refractivity contribution in [2.45, 2.75) is 6.54 Å². The van der Waals surface area contributed by atoms with Gasteiger partial charge in [-0.1, -0.05) is 23.7 Å². The molecule has 2 N–H and O–H groups in total. The molecule has 7 heteroatoms. The van der Waals surface area contributed by atoms with E-state index in [2.05, 4.69) is 5.32 Å². The smallest absolute Gasteiger partial charge is 0.338 e. The lowest BCUT2D eigenvalue weighted by Crippen LogP contribution is -2.07. The fourth-order valence-electron chi connectivity index (χ4n) is 1.78. The summed E-state index contributed by atoms with van der Waals surface area (Å²) in [4.78, 5) is 21.2. The number of carboxylic acid groups (broad SMARTS) is 1. The number of halogens is 1. The van der Waals surface area contributed by atoms with Crippen molar-refractivity contribution in [1.29, 1.82) is 0 Å². The van der Waals surface area contributed by atoms with Crippen molar-refractivity contribution >= 4 is 28.9 Å². The number of aromatic carboxylic acids is 1. The summed E-state index contributed by atoms with van der Waals surface area (Å²) in [5, 5.41) is 23.4. The number of hydrogen-bond acceptors (Lipinski definition) is 4. The van der Waals surface area contributed by atoms with Crippen LogP contribution in [-0.4, -0.2) is 16.0 Å². The van der Waals surface area contributed by atoms with Crippen LogP contribution in [0.5, 0.6) is 0 Å². The molecule has 0 bridgehead atoms. The molecule has 2 rings (SSSR count). The van der Waals surface area contributed by atoms with Gasteiger partial charge in [0.2, 0.25) is 0 Å². The maximum atomic E-state index is 11.2. The van der Waals surface area contributed by atoms with Gasteiger partial charge >= 0.3 is 5.97 Å². The van der Waals surface area contributed by atoms with Gasteiger partial charge in [-0.15, -0.1) is 0 Å². The van der Waals surface area contributed by atoms with E-state index in [0.717, 1.165) is 11.6 Å². The molecule has 0 saturated heterocycles. The zero-order valence-electron chi connectivity index (χ0n) is 10.7. The Morgan fingerprint density at radius 1 is 1.24 bits per heavy atom. The molecule has 0 saturated carbocycles. The molecule has 0 aliphatic rings. The molecule has 0 radical (unpaired) electrons. The Balaban J connectivity index is 2.21. The highest BCUT2D eigenvalue weighted by atomic mass is 35.5. The quantitative estimate of drug-likeness (QED) is 0.651. The summed E-state index contributed by atoms with van der Waals surface area (Å²) in [7, 11) is 0.